The SMILES string of the molecule is O=c1ccc(=O)c2cc3nc4c(=O)ccc(=O)c4nc3cc12. The summed E-state index contributed by atoms with van der Waals surface area (Å²) in [4.78, 5) is 55.6. The van der Waals surface area contributed by atoms with E-state index in [1.807, 2.05) is 0 Å². The lowest BCUT2D eigenvalue weighted by Gasteiger charge is -2.01. The van der Waals surface area contributed by atoms with Crippen molar-refractivity contribution in [2.24, 2.45) is 0 Å². The maximum Gasteiger partial charge on any atom is 0.206 e. The number of aromatic nitrogens is 2. The van der Waals surface area contributed by atoms with E-state index in [4.69, 9.17) is 0 Å². The molecular formula is C16H6N2O4. The Hall–Kier alpha value is -3.28. The molecule has 0 bridgehead atoms. The van der Waals surface area contributed by atoms with Crippen LogP contribution < -0.4 is 21.7 Å². The van der Waals surface area contributed by atoms with E-state index >= 15 is 0 Å². The Morgan fingerprint density at radius 2 is 0.909 bits per heavy atom. The van der Waals surface area contributed by atoms with Gasteiger partial charge in [0.15, 0.2) is 10.9 Å². The molecule has 22 heavy (non-hydrogen) atoms. The van der Waals surface area contributed by atoms with Crippen LogP contribution in [0, 0.1) is 0 Å². The normalized spacial score (nSPS) is 11.5. The monoisotopic (exact) mass is 290 g/mol. The van der Waals surface area contributed by atoms with Crippen LogP contribution in [0.3, 0.4) is 0 Å². The average molecular weight is 290 g/mol. The van der Waals surface area contributed by atoms with Gasteiger partial charge in [-0.05, 0) is 36.4 Å². The lowest BCUT2D eigenvalue weighted by atomic mass is 10.1. The van der Waals surface area contributed by atoms with Gasteiger partial charge < -0.3 is 0 Å². The molecule has 4 rings (SSSR count). The van der Waals surface area contributed by atoms with Crippen LogP contribution in [0.25, 0.3) is 32.8 Å². The molecule has 4 aromatic rings. The van der Waals surface area contributed by atoms with Gasteiger partial charge in [0.1, 0.15) is 11.0 Å². The zero-order chi connectivity index (χ0) is 15.4. The van der Waals surface area contributed by atoms with Crippen molar-refractivity contribution in [3.05, 3.63) is 77.3 Å². The van der Waals surface area contributed by atoms with Crippen LogP contribution in [-0.2, 0) is 0 Å². The Kier molecular flexibility index (Phi) is 2.33. The van der Waals surface area contributed by atoms with Crippen molar-refractivity contribution in [1.29, 1.82) is 0 Å². The van der Waals surface area contributed by atoms with Gasteiger partial charge >= 0.3 is 0 Å². The molecule has 0 saturated heterocycles. The van der Waals surface area contributed by atoms with Crippen molar-refractivity contribution < 1.29 is 0 Å². The summed E-state index contributed by atoms with van der Waals surface area (Å²) in [5.41, 5.74) is -0.921. The van der Waals surface area contributed by atoms with E-state index in [2.05, 4.69) is 9.97 Å². The van der Waals surface area contributed by atoms with Crippen molar-refractivity contribution in [2.45, 2.75) is 0 Å². The highest BCUT2D eigenvalue weighted by Gasteiger charge is 2.11. The zero-order valence-electron chi connectivity index (χ0n) is 11.0. The standard InChI is InChI=1S/C16H6N2O4/c19-11-1-2-12(20)8-6-10-9(5-7(8)11)17-15-13(21)3-4-14(22)16(15)18-10/h1-6H. The Morgan fingerprint density at radius 3 is 1.32 bits per heavy atom. The van der Waals surface area contributed by atoms with E-state index < -0.39 is 10.9 Å². The van der Waals surface area contributed by atoms with E-state index in [0.717, 1.165) is 12.1 Å². The topological polar surface area (TPSA) is 94.1 Å². The van der Waals surface area contributed by atoms with E-state index in [1.54, 1.807) is 0 Å². The van der Waals surface area contributed by atoms with Gasteiger partial charge in [-0.25, -0.2) is 9.97 Å². The molecule has 1 aromatic heterocycles. The van der Waals surface area contributed by atoms with Gasteiger partial charge in [-0.3, -0.25) is 19.2 Å². The second-order valence-electron chi connectivity index (χ2n) is 4.93. The number of hydrogen-bond acceptors (Lipinski definition) is 6. The maximum absolute atomic E-state index is 11.9. The van der Waals surface area contributed by atoms with Gasteiger partial charge in [-0.15, -0.1) is 0 Å². The van der Waals surface area contributed by atoms with Crippen LogP contribution in [0.5, 0.6) is 0 Å². The fourth-order valence-corrected chi connectivity index (χ4v) is 2.49. The molecule has 104 valence electrons. The van der Waals surface area contributed by atoms with Crippen LogP contribution in [0.1, 0.15) is 0 Å². The molecule has 0 aliphatic rings. The minimum atomic E-state index is -0.413. The third-order valence-electron chi connectivity index (χ3n) is 3.57. The number of nitrogens with zero attached hydrogens (tertiary/aromatic N) is 2. The van der Waals surface area contributed by atoms with Crippen molar-refractivity contribution in [2.75, 3.05) is 0 Å². The molecule has 0 spiro atoms. The second-order valence-corrected chi connectivity index (χ2v) is 4.93. The van der Waals surface area contributed by atoms with Crippen LogP contribution in [0.15, 0.2) is 55.6 Å². The Bertz CT molecular complexity index is 1100. The maximum atomic E-state index is 11.9. The highest BCUT2D eigenvalue weighted by molar-refractivity contribution is 5.97. The fourth-order valence-electron chi connectivity index (χ4n) is 2.49. The Labute approximate surface area is 121 Å². The summed E-state index contributed by atoms with van der Waals surface area (Å²) < 4.78 is 0. The Morgan fingerprint density at radius 1 is 0.545 bits per heavy atom. The molecule has 0 unspecified atom stereocenters. The lowest BCUT2D eigenvalue weighted by molar-refractivity contribution is 1.36. The molecule has 0 fully saturated rings. The van der Waals surface area contributed by atoms with E-state index in [-0.39, 0.29) is 32.7 Å². The van der Waals surface area contributed by atoms with Crippen LogP contribution in [-0.4, -0.2) is 9.97 Å². The smallest absolute Gasteiger partial charge is 0.206 e. The van der Waals surface area contributed by atoms with Gasteiger partial charge in [0.25, 0.3) is 0 Å². The first-order valence-electron chi connectivity index (χ1n) is 6.44. The molecule has 0 N–H and O–H groups in total. The number of fused-ring (bicyclic) bond motifs is 3. The van der Waals surface area contributed by atoms with Gasteiger partial charge in [0, 0.05) is 10.8 Å². The Balaban J connectivity index is 2.33. The van der Waals surface area contributed by atoms with Crippen molar-refractivity contribution in [3.63, 3.8) is 0 Å². The second kappa shape index (κ2) is 4.11. The first-order valence-corrected chi connectivity index (χ1v) is 6.44. The predicted molar refractivity (Wildman–Crippen MR) is 82.0 cm³/mol. The summed E-state index contributed by atoms with van der Waals surface area (Å²) >= 11 is 0. The van der Waals surface area contributed by atoms with Crippen molar-refractivity contribution >= 4 is 32.8 Å². The van der Waals surface area contributed by atoms with E-state index in [0.29, 0.717) is 11.0 Å². The molecule has 0 aliphatic carbocycles. The molecule has 0 saturated carbocycles. The third kappa shape index (κ3) is 1.61. The van der Waals surface area contributed by atoms with Crippen molar-refractivity contribution in [1.82, 2.24) is 9.97 Å². The van der Waals surface area contributed by atoms with E-state index in [1.165, 1.54) is 24.3 Å². The zero-order valence-corrected chi connectivity index (χ0v) is 11.0. The molecule has 0 aliphatic heterocycles. The van der Waals surface area contributed by atoms with Gasteiger partial charge in [-0.1, -0.05) is 0 Å². The predicted octanol–water partition coefficient (Wildman–Crippen LogP) is 0.253. The third-order valence-corrected chi connectivity index (χ3v) is 3.57. The minimum Gasteiger partial charge on any atom is -0.289 e. The minimum absolute atomic E-state index is 0.0370. The summed E-state index contributed by atoms with van der Waals surface area (Å²) in [6.07, 6.45) is 0. The molecule has 0 amide bonds. The molecule has 1 heterocycles. The number of benzene rings is 3. The van der Waals surface area contributed by atoms with Crippen LogP contribution in [0.2, 0.25) is 0 Å². The lowest BCUT2D eigenvalue weighted by Crippen LogP contribution is -2.13. The molecule has 0 radical (unpaired) electrons. The molecule has 0 atom stereocenters. The fraction of sp³-hybridized carbons (Fsp3) is 0. The summed E-state index contributed by atoms with van der Waals surface area (Å²) in [5.74, 6) is 0. The summed E-state index contributed by atoms with van der Waals surface area (Å²) in [7, 11) is 0. The van der Waals surface area contributed by atoms with Crippen LogP contribution >= 0.6 is 0 Å². The summed E-state index contributed by atoms with van der Waals surface area (Å²) in [6, 6.07) is 7.52. The average Bonchev–Trinajstić information content (AvgIpc) is 2.52. The number of hydrogen-bond donors (Lipinski definition) is 0. The van der Waals surface area contributed by atoms with Crippen LogP contribution in [0.4, 0.5) is 0 Å². The first-order chi connectivity index (χ1) is 10.5. The summed E-state index contributed by atoms with van der Waals surface area (Å²) in [6.45, 7) is 0. The quantitative estimate of drug-likeness (QED) is 0.431. The highest BCUT2D eigenvalue weighted by atomic mass is 16.1. The summed E-state index contributed by atoms with van der Waals surface area (Å²) in [5, 5.41) is 0.443. The first kappa shape index (κ1) is 12.5. The van der Waals surface area contributed by atoms with Gasteiger partial charge in [-0.2, -0.15) is 0 Å². The molecular weight excluding hydrogens is 284 g/mol. The number of rotatable bonds is 0. The van der Waals surface area contributed by atoms with E-state index in [9.17, 15) is 19.2 Å². The molecule has 6 heteroatoms. The highest BCUT2D eigenvalue weighted by Crippen LogP contribution is 2.16. The van der Waals surface area contributed by atoms with Crippen molar-refractivity contribution in [3.8, 4) is 0 Å². The molecule has 6 nitrogen and oxygen atoms in total. The van der Waals surface area contributed by atoms with Gasteiger partial charge in [0.2, 0.25) is 10.9 Å². The largest absolute Gasteiger partial charge is 0.289 e. The molecule has 3 aromatic carbocycles. The van der Waals surface area contributed by atoms with Gasteiger partial charge in [0.05, 0.1) is 11.0 Å².